The van der Waals surface area contributed by atoms with E-state index in [9.17, 15) is 4.39 Å². The number of rotatable bonds is 5. The minimum atomic E-state index is -0.247. The van der Waals surface area contributed by atoms with Crippen molar-refractivity contribution in [3.05, 3.63) is 23.5 Å². The molecule has 0 bridgehead atoms. The molecule has 0 aliphatic carbocycles. The minimum Gasteiger partial charge on any atom is -0.397 e. The lowest BCUT2D eigenvalue weighted by Gasteiger charge is -2.33. The van der Waals surface area contributed by atoms with Crippen LogP contribution in [0.3, 0.4) is 0 Å². The molecule has 3 heteroatoms. The van der Waals surface area contributed by atoms with Gasteiger partial charge < -0.3 is 11.1 Å². The van der Waals surface area contributed by atoms with E-state index < -0.39 is 0 Å². The maximum Gasteiger partial charge on any atom is 0.128 e. The Balaban J connectivity index is 3.05. The predicted molar refractivity (Wildman–Crippen MR) is 72.8 cm³/mol. The SMILES string of the molecule is CCC(CC)(CC)Nc1cc(C)c(F)cc1N. The zero-order valence-corrected chi connectivity index (χ0v) is 11.2. The first-order valence-corrected chi connectivity index (χ1v) is 6.31. The summed E-state index contributed by atoms with van der Waals surface area (Å²) in [7, 11) is 0. The topological polar surface area (TPSA) is 38.0 Å². The molecular formula is C14H23FN2. The first-order valence-electron chi connectivity index (χ1n) is 6.31. The fraction of sp³-hybridized carbons (Fsp3) is 0.571. The average molecular weight is 238 g/mol. The van der Waals surface area contributed by atoms with E-state index in [0.29, 0.717) is 11.3 Å². The first-order chi connectivity index (χ1) is 7.98. The van der Waals surface area contributed by atoms with Gasteiger partial charge in [0.05, 0.1) is 11.4 Å². The fourth-order valence-corrected chi connectivity index (χ4v) is 2.11. The summed E-state index contributed by atoms with van der Waals surface area (Å²) in [5, 5.41) is 3.49. The summed E-state index contributed by atoms with van der Waals surface area (Å²) < 4.78 is 13.3. The largest absolute Gasteiger partial charge is 0.397 e. The Morgan fingerprint density at radius 2 is 1.71 bits per heavy atom. The van der Waals surface area contributed by atoms with E-state index in [-0.39, 0.29) is 11.4 Å². The van der Waals surface area contributed by atoms with Crippen molar-refractivity contribution in [3.63, 3.8) is 0 Å². The molecule has 0 amide bonds. The monoisotopic (exact) mass is 238 g/mol. The van der Waals surface area contributed by atoms with Gasteiger partial charge in [0, 0.05) is 5.54 Å². The van der Waals surface area contributed by atoms with Crippen LogP contribution < -0.4 is 11.1 Å². The molecular weight excluding hydrogens is 215 g/mol. The Kier molecular flexibility index (Phi) is 4.38. The van der Waals surface area contributed by atoms with Crippen LogP contribution in [0.2, 0.25) is 0 Å². The molecule has 17 heavy (non-hydrogen) atoms. The zero-order valence-electron chi connectivity index (χ0n) is 11.2. The van der Waals surface area contributed by atoms with E-state index >= 15 is 0 Å². The summed E-state index contributed by atoms with van der Waals surface area (Å²) in [6.07, 6.45) is 3.07. The van der Waals surface area contributed by atoms with Gasteiger partial charge in [-0.25, -0.2) is 4.39 Å². The minimum absolute atomic E-state index is 0.0540. The van der Waals surface area contributed by atoms with Gasteiger partial charge in [-0.1, -0.05) is 20.8 Å². The summed E-state index contributed by atoms with van der Waals surface area (Å²) in [6.45, 7) is 8.23. The van der Waals surface area contributed by atoms with Gasteiger partial charge in [0.2, 0.25) is 0 Å². The summed E-state index contributed by atoms with van der Waals surface area (Å²) in [4.78, 5) is 0. The van der Waals surface area contributed by atoms with Crippen molar-refractivity contribution in [2.45, 2.75) is 52.5 Å². The van der Waals surface area contributed by atoms with Gasteiger partial charge >= 0.3 is 0 Å². The Morgan fingerprint density at radius 1 is 1.18 bits per heavy atom. The molecule has 1 aromatic rings. The average Bonchev–Trinajstić information content (AvgIpc) is 2.33. The Labute approximate surface area is 103 Å². The molecule has 0 unspecified atom stereocenters. The third kappa shape index (κ3) is 2.90. The van der Waals surface area contributed by atoms with E-state index in [0.717, 1.165) is 24.9 Å². The quantitative estimate of drug-likeness (QED) is 0.758. The van der Waals surface area contributed by atoms with E-state index in [1.807, 2.05) is 0 Å². The third-order valence-electron chi connectivity index (χ3n) is 3.76. The van der Waals surface area contributed by atoms with E-state index in [1.165, 1.54) is 6.07 Å². The van der Waals surface area contributed by atoms with E-state index in [2.05, 4.69) is 26.1 Å². The number of hydrogen-bond acceptors (Lipinski definition) is 2. The molecule has 0 radical (unpaired) electrons. The highest BCUT2D eigenvalue weighted by Crippen LogP contribution is 2.30. The Morgan fingerprint density at radius 3 is 2.18 bits per heavy atom. The fourth-order valence-electron chi connectivity index (χ4n) is 2.11. The lowest BCUT2D eigenvalue weighted by atomic mass is 9.89. The number of nitrogens with one attached hydrogen (secondary N) is 1. The van der Waals surface area contributed by atoms with Gasteiger partial charge in [0.1, 0.15) is 5.82 Å². The van der Waals surface area contributed by atoms with Gasteiger partial charge in [0.15, 0.2) is 0 Å². The molecule has 3 N–H and O–H groups in total. The molecule has 0 saturated heterocycles. The second-order valence-electron chi connectivity index (χ2n) is 4.65. The van der Waals surface area contributed by atoms with Crippen LogP contribution in [-0.2, 0) is 0 Å². The van der Waals surface area contributed by atoms with Gasteiger partial charge in [-0.3, -0.25) is 0 Å². The number of nitrogen functional groups attached to an aromatic ring is 1. The normalized spacial score (nSPS) is 11.6. The number of anilines is 2. The van der Waals surface area contributed by atoms with E-state index in [4.69, 9.17) is 5.73 Å². The maximum atomic E-state index is 13.3. The van der Waals surface area contributed by atoms with Gasteiger partial charge in [0.25, 0.3) is 0 Å². The lowest BCUT2D eigenvalue weighted by molar-refractivity contribution is 0.420. The zero-order chi connectivity index (χ0) is 13.1. The Bertz CT molecular complexity index is 376. The maximum absolute atomic E-state index is 13.3. The van der Waals surface area contributed by atoms with Crippen molar-refractivity contribution >= 4 is 11.4 Å². The molecule has 0 aliphatic rings. The molecule has 1 rings (SSSR count). The van der Waals surface area contributed by atoms with Crippen LogP contribution >= 0.6 is 0 Å². The molecule has 0 spiro atoms. The van der Waals surface area contributed by atoms with Crippen LogP contribution in [-0.4, -0.2) is 5.54 Å². The van der Waals surface area contributed by atoms with Crippen molar-refractivity contribution in [3.8, 4) is 0 Å². The molecule has 1 aromatic carbocycles. The summed E-state index contributed by atoms with van der Waals surface area (Å²) >= 11 is 0. The van der Waals surface area contributed by atoms with Crippen LogP contribution in [0, 0.1) is 12.7 Å². The summed E-state index contributed by atoms with van der Waals surface area (Å²) in [5.41, 5.74) is 7.86. The van der Waals surface area contributed by atoms with Crippen LogP contribution in [0.15, 0.2) is 12.1 Å². The highest BCUT2D eigenvalue weighted by molar-refractivity contribution is 5.68. The number of benzene rings is 1. The predicted octanol–water partition coefficient (Wildman–Crippen LogP) is 4.10. The third-order valence-corrected chi connectivity index (χ3v) is 3.76. The van der Waals surface area contributed by atoms with Crippen LogP contribution in [0.5, 0.6) is 0 Å². The Hall–Kier alpha value is -1.25. The molecule has 0 heterocycles. The second-order valence-corrected chi connectivity index (χ2v) is 4.65. The highest BCUT2D eigenvalue weighted by Gasteiger charge is 2.24. The molecule has 0 aromatic heterocycles. The van der Waals surface area contributed by atoms with Crippen LogP contribution in [0.25, 0.3) is 0 Å². The summed E-state index contributed by atoms with van der Waals surface area (Å²) in [5.74, 6) is -0.247. The van der Waals surface area contributed by atoms with Crippen LogP contribution in [0.1, 0.15) is 45.6 Å². The highest BCUT2D eigenvalue weighted by atomic mass is 19.1. The number of halogens is 1. The number of hydrogen-bond donors (Lipinski definition) is 2. The van der Waals surface area contributed by atoms with Crippen molar-refractivity contribution in [2.24, 2.45) is 0 Å². The molecule has 0 fully saturated rings. The lowest BCUT2D eigenvalue weighted by Crippen LogP contribution is -2.36. The molecule has 0 atom stereocenters. The number of aryl methyl sites for hydroxylation is 1. The van der Waals surface area contributed by atoms with Gasteiger partial charge in [-0.2, -0.15) is 0 Å². The van der Waals surface area contributed by atoms with Crippen molar-refractivity contribution in [1.29, 1.82) is 0 Å². The van der Waals surface area contributed by atoms with Crippen molar-refractivity contribution in [2.75, 3.05) is 11.1 Å². The van der Waals surface area contributed by atoms with Crippen molar-refractivity contribution < 1.29 is 4.39 Å². The van der Waals surface area contributed by atoms with Crippen molar-refractivity contribution in [1.82, 2.24) is 0 Å². The number of nitrogens with two attached hydrogens (primary N) is 1. The molecule has 0 saturated carbocycles. The van der Waals surface area contributed by atoms with Crippen LogP contribution in [0.4, 0.5) is 15.8 Å². The molecule has 2 nitrogen and oxygen atoms in total. The first kappa shape index (κ1) is 13.8. The summed E-state index contributed by atoms with van der Waals surface area (Å²) in [6, 6.07) is 3.18. The standard InChI is InChI=1S/C14H23FN2/c1-5-14(6-2,7-3)17-13-8-10(4)11(15)9-12(13)16/h8-9,17H,5-7,16H2,1-4H3. The van der Waals surface area contributed by atoms with E-state index in [1.54, 1.807) is 13.0 Å². The molecule has 0 aliphatic heterocycles. The molecule has 96 valence electrons. The smallest absolute Gasteiger partial charge is 0.128 e. The second kappa shape index (κ2) is 5.39. The van der Waals surface area contributed by atoms with Gasteiger partial charge in [-0.05, 0) is 43.9 Å². The van der Waals surface area contributed by atoms with Gasteiger partial charge in [-0.15, -0.1) is 0 Å².